The van der Waals surface area contributed by atoms with Gasteiger partial charge < -0.3 is 20.1 Å². The van der Waals surface area contributed by atoms with Crippen molar-refractivity contribution in [3.63, 3.8) is 0 Å². The Morgan fingerprint density at radius 2 is 2.04 bits per heavy atom. The molecule has 1 amide bonds. The lowest BCUT2D eigenvalue weighted by Crippen LogP contribution is -2.46. The lowest BCUT2D eigenvalue weighted by molar-refractivity contribution is 0.0890. The lowest BCUT2D eigenvalue weighted by atomic mass is 9.95. The third-order valence-electron chi connectivity index (χ3n) is 4.40. The third-order valence-corrected chi connectivity index (χ3v) is 4.40. The molecule has 1 heterocycles. The Kier molecular flexibility index (Phi) is 4.24. The highest BCUT2D eigenvalue weighted by Crippen LogP contribution is 2.37. The Labute approximate surface area is 138 Å². The van der Waals surface area contributed by atoms with Crippen molar-refractivity contribution in [1.29, 1.82) is 0 Å². The second kappa shape index (κ2) is 6.35. The van der Waals surface area contributed by atoms with Crippen molar-refractivity contribution in [1.82, 2.24) is 15.3 Å². The number of carbonyl (C=O) groups is 1. The molecule has 2 aromatic rings. The number of hydrogen-bond acceptors (Lipinski definition) is 5. The van der Waals surface area contributed by atoms with Gasteiger partial charge in [0, 0.05) is 0 Å². The van der Waals surface area contributed by atoms with Crippen LogP contribution in [0.4, 0.5) is 0 Å². The molecule has 1 aliphatic rings. The van der Waals surface area contributed by atoms with Crippen LogP contribution in [0.1, 0.15) is 41.9 Å². The Balaban J connectivity index is 1.95. The molecule has 0 atom stereocenters. The van der Waals surface area contributed by atoms with E-state index >= 15 is 0 Å². The van der Waals surface area contributed by atoms with Crippen LogP contribution in [-0.4, -0.2) is 28.1 Å². The Hall–Kier alpha value is -2.83. The molecular weight excluding hydrogens is 310 g/mol. The predicted molar refractivity (Wildman–Crippen MR) is 87.1 cm³/mol. The normalized spacial score (nSPS) is 15.9. The molecule has 126 valence electrons. The molecule has 7 heteroatoms. The van der Waals surface area contributed by atoms with E-state index in [4.69, 9.17) is 4.74 Å². The molecule has 3 N–H and O–H groups in total. The van der Waals surface area contributed by atoms with Gasteiger partial charge in [-0.15, -0.1) is 0 Å². The number of benzene rings is 1. The van der Waals surface area contributed by atoms with Gasteiger partial charge in [-0.3, -0.25) is 9.59 Å². The molecule has 1 fully saturated rings. The summed E-state index contributed by atoms with van der Waals surface area (Å²) in [7, 11) is 1.40. The molecule has 3 rings (SSSR count). The number of nitrogens with one attached hydrogen (secondary N) is 2. The van der Waals surface area contributed by atoms with Crippen molar-refractivity contribution in [2.24, 2.45) is 0 Å². The summed E-state index contributed by atoms with van der Waals surface area (Å²) in [4.78, 5) is 31.6. The van der Waals surface area contributed by atoms with Crippen LogP contribution in [0.2, 0.25) is 0 Å². The zero-order valence-electron chi connectivity index (χ0n) is 13.3. The van der Waals surface area contributed by atoms with Crippen molar-refractivity contribution in [2.45, 2.75) is 31.2 Å². The standard InChI is InChI=1S/C17H19N3O4/c1-24-13-10-18-16(19-15(13)23)17(8-4-5-9-17)20-14(22)11-6-2-3-7-12(11)21/h2-3,6-7,10,21H,4-5,8-9H2,1H3,(H,20,22)(H,18,19,23). The van der Waals surface area contributed by atoms with Crippen LogP contribution < -0.4 is 15.6 Å². The fourth-order valence-electron chi connectivity index (χ4n) is 3.12. The second-order valence-corrected chi connectivity index (χ2v) is 5.89. The fraction of sp³-hybridized carbons (Fsp3) is 0.353. The highest BCUT2D eigenvalue weighted by Gasteiger charge is 2.40. The third kappa shape index (κ3) is 2.84. The smallest absolute Gasteiger partial charge is 0.293 e. The summed E-state index contributed by atoms with van der Waals surface area (Å²) in [6.45, 7) is 0. The number of methoxy groups -OCH3 is 1. The van der Waals surface area contributed by atoms with E-state index in [9.17, 15) is 14.7 Å². The van der Waals surface area contributed by atoms with Crippen LogP contribution in [-0.2, 0) is 5.54 Å². The summed E-state index contributed by atoms with van der Waals surface area (Å²) in [5.74, 6) is 0.0568. The summed E-state index contributed by atoms with van der Waals surface area (Å²) in [5, 5.41) is 12.8. The molecule has 1 aliphatic carbocycles. The predicted octanol–water partition coefficient (Wildman–Crippen LogP) is 1.68. The van der Waals surface area contributed by atoms with Crippen molar-refractivity contribution in [2.75, 3.05) is 7.11 Å². The maximum Gasteiger partial charge on any atom is 0.293 e. The van der Waals surface area contributed by atoms with Crippen LogP contribution >= 0.6 is 0 Å². The highest BCUT2D eigenvalue weighted by atomic mass is 16.5. The molecule has 0 bridgehead atoms. The summed E-state index contributed by atoms with van der Waals surface area (Å²) in [5.41, 5.74) is -0.935. The van der Waals surface area contributed by atoms with E-state index in [1.165, 1.54) is 19.4 Å². The minimum Gasteiger partial charge on any atom is -0.507 e. The van der Waals surface area contributed by atoms with Crippen molar-refractivity contribution >= 4 is 5.91 Å². The molecule has 0 spiro atoms. The number of aromatic hydroxyl groups is 1. The zero-order valence-corrected chi connectivity index (χ0v) is 13.3. The number of amides is 1. The number of aromatic amines is 1. The van der Waals surface area contributed by atoms with E-state index in [0.717, 1.165) is 12.8 Å². The van der Waals surface area contributed by atoms with Crippen molar-refractivity contribution < 1.29 is 14.6 Å². The van der Waals surface area contributed by atoms with Gasteiger partial charge >= 0.3 is 0 Å². The number of phenolic OH excluding ortho intramolecular Hbond substituents is 1. The van der Waals surface area contributed by atoms with Crippen LogP contribution in [0.5, 0.6) is 11.5 Å². The quantitative estimate of drug-likeness (QED) is 0.792. The van der Waals surface area contributed by atoms with Gasteiger partial charge in [-0.05, 0) is 25.0 Å². The Morgan fingerprint density at radius 1 is 1.33 bits per heavy atom. The van der Waals surface area contributed by atoms with Gasteiger partial charge in [0.15, 0.2) is 0 Å². The van der Waals surface area contributed by atoms with Gasteiger partial charge in [0.2, 0.25) is 5.75 Å². The van der Waals surface area contributed by atoms with Gasteiger partial charge in [-0.1, -0.05) is 25.0 Å². The molecule has 0 radical (unpaired) electrons. The Morgan fingerprint density at radius 3 is 2.67 bits per heavy atom. The number of rotatable bonds is 4. The molecule has 24 heavy (non-hydrogen) atoms. The number of ether oxygens (including phenoxy) is 1. The number of carbonyl (C=O) groups excluding carboxylic acids is 1. The van der Waals surface area contributed by atoms with Crippen LogP contribution in [0, 0.1) is 0 Å². The molecule has 1 aromatic carbocycles. The first kappa shape index (κ1) is 16.0. The molecule has 0 saturated heterocycles. The van der Waals surface area contributed by atoms with Gasteiger partial charge in [0.25, 0.3) is 11.5 Å². The van der Waals surface area contributed by atoms with Gasteiger partial charge in [0.05, 0.1) is 24.4 Å². The number of para-hydroxylation sites is 1. The van der Waals surface area contributed by atoms with Crippen LogP contribution in [0.15, 0.2) is 35.3 Å². The first-order chi connectivity index (χ1) is 11.6. The van der Waals surface area contributed by atoms with E-state index < -0.39 is 11.4 Å². The molecule has 0 unspecified atom stereocenters. The molecular formula is C17H19N3O4. The van der Waals surface area contributed by atoms with E-state index in [1.807, 2.05) is 0 Å². The zero-order chi connectivity index (χ0) is 17.2. The number of H-pyrrole nitrogens is 1. The average Bonchev–Trinajstić information content (AvgIpc) is 3.04. The summed E-state index contributed by atoms with van der Waals surface area (Å²) < 4.78 is 4.94. The minimum atomic E-state index is -0.745. The lowest BCUT2D eigenvalue weighted by Gasteiger charge is -2.29. The van der Waals surface area contributed by atoms with E-state index in [0.29, 0.717) is 18.7 Å². The summed E-state index contributed by atoms with van der Waals surface area (Å²) in [6.07, 6.45) is 4.52. The SMILES string of the molecule is COc1cnc(C2(NC(=O)c3ccccc3O)CCCC2)[nH]c1=O. The topological polar surface area (TPSA) is 104 Å². The summed E-state index contributed by atoms with van der Waals surface area (Å²) in [6, 6.07) is 6.35. The maximum atomic E-state index is 12.6. The number of phenols is 1. The van der Waals surface area contributed by atoms with E-state index in [2.05, 4.69) is 15.3 Å². The van der Waals surface area contributed by atoms with E-state index in [1.54, 1.807) is 18.2 Å². The molecule has 1 saturated carbocycles. The molecule has 7 nitrogen and oxygen atoms in total. The first-order valence-corrected chi connectivity index (χ1v) is 7.80. The highest BCUT2D eigenvalue weighted by molar-refractivity contribution is 5.97. The first-order valence-electron chi connectivity index (χ1n) is 7.80. The number of nitrogens with zero attached hydrogens (tertiary/aromatic N) is 1. The minimum absolute atomic E-state index is 0.0840. The summed E-state index contributed by atoms with van der Waals surface area (Å²) >= 11 is 0. The number of hydrogen-bond donors (Lipinski definition) is 3. The fourth-order valence-corrected chi connectivity index (χ4v) is 3.12. The van der Waals surface area contributed by atoms with Gasteiger partial charge in [-0.2, -0.15) is 0 Å². The Bertz CT molecular complexity index is 809. The molecule has 1 aromatic heterocycles. The second-order valence-electron chi connectivity index (χ2n) is 5.89. The van der Waals surface area contributed by atoms with Gasteiger partial charge in [-0.25, -0.2) is 4.98 Å². The van der Waals surface area contributed by atoms with Crippen LogP contribution in [0.3, 0.4) is 0 Å². The largest absolute Gasteiger partial charge is 0.507 e. The van der Waals surface area contributed by atoms with Gasteiger partial charge in [0.1, 0.15) is 11.6 Å². The van der Waals surface area contributed by atoms with Crippen molar-refractivity contribution in [3.05, 3.63) is 52.2 Å². The number of aromatic nitrogens is 2. The van der Waals surface area contributed by atoms with Crippen molar-refractivity contribution in [3.8, 4) is 11.5 Å². The van der Waals surface area contributed by atoms with E-state index in [-0.39, 0.29) is 22.6 Å². The maximum absolute atomic E-state index is 12.6. The average molecular weight is 329 g/mol. The molecule has 0 aliphatic heterocycles. The monoisotopic (exact) mass is 329 g/mol. The van der Waals surface area contributed by atoms with Crippen LogP contribution in [0.25, 0.3) is 0 Å².